The summed E-state index contributed by atoms with van der Waals surface area (Å²) >= 11 is 0. The second-order valence-electron chi connectivity index (χ2n) is 20.2. The van der Waals surface area contributed by atoms with Gasteiger partial charge in [-0.15, -0.1) is 23.6 Å². The molecule has 0 aliphatic carbocycles. The molecule has 12 rings (SSSR count). The first-order chi connectivity index (χ1) is 39.6. The van der Waals surface area contributed by atoms with Crippen molar-refractivity contribution in [3.05, 3.63) is 254 Å². The van der Waals surface area contributed by atoms with Crippen molar-refractivity contribution < 1.29 is 39.3 Å². The van der Waals surface area contributed by atoms with Crippen LogP contribution in [0.3, 0.4) is 0 Å². The molecule has 3 heterocycles. The Kier molecular flexibility index (Phi) is 9.85. The van der Waals surface area contributed by atoms with Crippen LogP contribution >= 0.6 is 0 Å². The van der Waals surface area contributed by atoms with E-state index in [0.717, 1.165) is 50.1 Å². The molecule has 0 aliphatic rings. The van der Waals surface area contributed by atoms with Gasteiger partial charge in [0.2, 0.25) is 0 Å². The van der Waals surface area contributed by atoms with Crippen LogP contribution in [0.1, 0.15) is 66.4 Å². The third-order valence-corrected chi connectivity index (χ3v) is 13.4. The molecule has 0 N–H and O–H groups in total. The van der Waals surface area contributed by atoms with Gasteiger partial charge in [-0.2, -0.15) is 24.3 Å². The third kappa shape index (κ3) is 8.86. The fraction of sp³-hybridized carbons (Fsp3) is 0.118. The van der Waals surface area contributed by atoms with Gasteiger partial charge in [0.05, 0.1) is 30.4 Å². The maximum absolute atomic E-state index is 9.14. The Bertz CT molecular complexity index is 4440. The Morgan fingerprint density at radius 2 is 1.14 bits per heavy atom. The van der Waals surface area contributed by atoms with Gasteiger partial charge in [-0.05, 0) is 96.7 Å². The summed E-state index contributed by atoms with van der Waals surface area (Å²) < 4.78 is 93.8. The van der Waals surface area contributed by atoms with Gasteiger partial charge in [-0.25, -0.2) is 4.98 Å². The minimum atomic E-state index is -0.571. The molecule has 0 fully saturated rings. The van der Waals surface area contributed by atoms with Gasteiger partial charge in [0.15, 0.2) is 0 Å². The van der Waals surface area contributed by atoms with Crippen molar-refractivity contribution in [3.8, 4) is 50.6 Å². The van der Waals surface area contributed by atoms with Crippen LogP contribution < -0.4 is 9.47 Å². The fourth-order valence-electron chi connectivity index (χ4n) is 9.68. The average molecular weight is 1150 g/mol. The minimum absolute atomic E-state index is 0. The van der Waals surface area contributed by atoms with E-state index in [9.17, 15) is 0 Å². The molecule has 0 amide bonds. The first-order valence-electron chi connectivity index (χ1n) is 29.3. The number of fused-ring (bicyclic) bond motifs is 4. The molecule has 0 unspecified atom stereocenters. The first-order valence-corrected chi connectivity index (χ1v) is 24.3. The number of rotatable bonds is 9. The van der Waals surface area contributed by atoms with Gasteiger partial charge in [0, 0.05) is 38.5 Å². The predicted octanol–water partition coefficient (Wildman–Crippen LogP) is 16.9. The zero-order chi connectivity index (χ0) is 58.6. The number of benzene rings is 9. The van der Waals surface area contributed by atoms with Gasteiger partial charge in [-0.1, -0.05) is 216 Å². The summed E-state index contributed by atoms with van der Waals surface area (Å²) in [4.78, 5) is 7.14. The van der Waals surface area contributed by atoms with E-state index in [1.165, 1.54) is 11.1 Å². The van der Waals surface area contributed by atoms with E-state index in [1.54, 1.807) is 27.3 Å². The van der Waals surface area contributed by atoms with Crippen LogP contribution in [0.5, 0.6) is 0 Å². The molecule has 0 saturated carbocycles. The van der Waals surface area contributed by atoms with Crippen molar-refractivity contribution in [2.75, 3.05) is 4.90 Å². The van der Waals surface area contributed by atoms with Crippen LogP contribution in [0.2, 0.25) is 0 Å². The smallest absolute Gasteiger partial charge is 0.268 e. The average Bonchev–Trinajstić information content (AvgIpc) is 1.72. The van der Waals surface area contributed by atoms with E-state index < -0.39 is 60.4 Å². The molecule has 6 heteroatoms. The molecule has 5 nitrogen and oxygen atoms in total. The number of hydrogen-bond donors (Lipinski definition) is 0. The summed E-state index contributed by atoms with van der Waals surface area (Å²) in [6.45, 7) is 13.5. The number of imidazole rings is 1. The Labute approximate surface area is 463 Å². The van der Waals surface area contributed by atoms with Crippen LogP contribution in [0.4, 0.5) is 17.1 Å². The zero-order valence-electron chi connectivity index (χ0n) is 51.6. The topological polar surface area (TPSA) is 29.9 Å². The zero-order valence-corrected chi connectivity index (χ0v) is 43.9. The number of hydrogen-bond acceptors (Lipinski definition) is 2. The maximum Gasteiger partial charge on any atom is 0.268 e. The van der Waals surface area contributed by atoms with Crippen molar-refractivity contribution in [3.63, 3.8) is 0 Å². The van der Waals surface area contributed by atoms with Gasteiger partial charge in [0.1, 0.15) is 5.82 Å². The quantitative estimate of drug-likeness (QED) is 0.106. The standard InChI is InChI=1S/C68H55N5.Pt/c1-67(2,3)51-40-50(41-52(43-51)68(4,5)6)49-38-39-69-65(42-49)73-61-33-17-16-30-59(61)60-37-36-56(45-64(60)73)72(53-26-14-9-15-27-53)55-29-20-28-54(44-55)70-46-71(63-35-19-18-34-62(63)70)66-57(47-22-10-7-11-23-47)31-21-32-58(66)48-24-12-8-13-25-48;/h7-43H,1-6H3;/q-2;/i7D,8D,10D,11D,12D,13D,22D,23D,24D,25D;. The summed E-state index contributed by atoms with van der Waals surface area (Å²) in [5.41, 5.74) is 10.5. The molecule has 0 radical (unpaired) electrons. The SMILES string of the molecule is [2H]c1c([2H])c([2H])c(-c2cccc(-c3c([2H])c([2H])c([2H])c([2H])c3[2H])c2-[n+]2[c-]n(-c3[c-]c(N(c4[c-]c5c(cc4)c4ccccc4n5-c4cc(-c5cc(C(C)(C)C)cc(C(C)(C)C)c5)ccn4)c4ccccc4)ccc3)c3ccccc32)c([2H])c1[2H].[Pt]. The molecule has 0 atom stereocenters. The van der Waals surface area contributed by atoms with E-state index in [0.29, 0.717) is 22.4 Å². The minimum Gasteiger partial charge on any atom is -0.359 e. The Balaban J connectivity index is 0.00000736. The van der Waals surface area contributed by atoms with Crippen molar-refractivity contribution in [2.45, 2.75) is 52.4 Å². The van der Waals surface area contributed by atoms with Crippen LogP contribution in [-0.4, -0.2) is 14.1 Å². The summed E-state index contributed by atoms with van der Waals surface area (Å²) in [6, 6.07) is 54.0. The van der Waals surface area contributed by atoms with Crippen LogP contribution in [-0.2, 0) is 31.9 Å². The molecule has 0 bridgehead atoms. The van der Waals surface area contributed by atoms with Gasteiger partial charge in [-0.3, -0.25) is 4.57 Å². The van der Waals surface area contributed by atoms with E-state index in [-0.39, 0.29) is 59.8 Å². The molecule has 0 spiro atoms. The van der Waals surface area contributed by atoms with Gasteiger partial charge in [0.25, 0.3) is 6.33 Å². The van der Waals surface area contributed by atoms with Gasteiger partial charge < -0.3 is 14.0 Å². The molecule has 0 saturated heterocycles. The molecule has 9 aromatic carbocycles. The Morgan fingerprint density at radius 1 is 0.527 bits per heavy atom. The van der Waals surface area contributed by atoms with Crippen molar-refractivity contribution in [1.29, 1.82) is 0 Å². The third-order valence-electron chi connectivity index (χ3n) is 13.4. The van der Waals surface area contributed by atoms with Crippen molar-refractivity contribution >= 4 is 49.9 Å². The summed E-state index contributed by atoms with van der Waals surface area (Å²) in [5, 5.41) is 2.05. The molecule has 0 aliphatic heterocycles. The summed E-state index contributed by atoms with van der Waals surface area (Å²) in [5.74, 6) is 0.742. The molecule has 12 aromatic rings. The van der Waals surface area contributed by atoms with Crippen molar-refractivity contribution in [1.82, 2.24) is 14.1 Å². The summed E-state index contributed by atoms with van der Waals surface area (Å²) in [7, 11) is 0. The second-order valence-corrected chi connectivity index (χ2v) is 20.2. The number of para-hydroxylation sites is 5. The Hall–Kier alpha value is -8.11. The van der Waals surface area contributed by atoms with Crippen LogP contribution in [0.25, 0.3) is 83.4 Å². The van der Waals surface area contributed by atoms with Gasteiger partial charge >= 0.3 is 0 Å². The van der Waals surface area contributed by atoms with E-state index in [1.807, 2.05) is 91.1 Å². The molecular formula is C68H55N5Pt-2. The molecular weight excluding hydrogens is 1080 g/mol. The van der Waals surface area contributed by atoms with Crippen LogP contribution in [0, 0.1) is 18.5 Å². The van der Waals surface area contributed by atoms with E-state index in [2.05, 4.69) is 124 Å². The molecule has 364 valence electrons. The Morgan fingerprint density at radius 3 is 1.81 bits per heavy atom. The predicted molar refractivity (Wildman–Crippen MR) is 302 cm³/mol. The van der Waals surface area contributed by atoms with E-state index >= 15 is 0 Å². The van der Waals surface area contributed by atoms with Crippen LogP contribution in [0.15, 0.2) is 224 Å². The van der Waals surface area contributed by atoms with E-state index in [4.69, 9.17) is 18.7 Å². The monoisotopic (exact) mass is 1150 g/mol. The summed E-state index contributed by atoms with van der Waals surface area (Å²) in [6.07, 6.45) is 5.39. The number of aromatic nitrogens is 4. The number of pyridine rings is 1. The van der Waals surface area contributed by atoms with Crippen molar-refractivity contribution in [2.24, 2.45) is 0 Å². The second kappa shape index (κ2) is 19.4. The largest absolute Gasteiger partial charge is 0.359 e. The normalized spacial score (nSPS) is 13.7. The maximum atomic E-state index is 9.14. The number of anilines is 3. The first kappa shape index (κ1) is 37.6. The molecule has 3 aromatic heterocycles. The molecule has 74 heavy (non-hydrogen) atoms. The fourth-order valence-corrected chi connectivity index (χ4v) is 9.68. The number of nitrogens with zero attached hydrogens (tertiary/aromatic N) is 5.